The molecule has 0 N–H and O–H groups in total. The van der Waals surface area contributed by atoms with Gasteiger partial charge in [0.05, 0.1) is 0 Å². The molecule has 3 aliphatic rings. The molecule has 0 spiro atoms. The largest absolute Gasteiger partial charge is 2.00 e. The number of pyridine rings is 1. The molecule has 8 heteroatoms. The third-order valence-corrected chi connectivity index (χ3v) is 14.5. The van der Waals surface area contributed by atoms with Crippen molar-refractivity contribution in [2.24, 2.45) is 4.99 Å². The number of fused-ring (bicyclic) bond motifs is 8. The maximum atomic E-state index is 15.1. The van der Waals surface area contributed by atoms with E-state index in [0.717, 1.165) is 49.9 Å². The van der Waals surface area contributed by atoms with Crippen molar-refractivity contribution < 1.29 is 37.0 Å². The molecule has 0 saturated heterocycles. The Kier molecular flexibility index (Phi) is 7.92. The van der Waals surface area contributed by atoms with Gasteiger partial charge in [0.25, 0.3) is 0 Å². The number of nitrogens with zero attached hydrogens (tertiary/aromatic N) is 3. The summed E-state index contributed by atoms with van der Waals surface area (Å²) < 4.78 is 57.8. The van der Waals surface area contributed by atoms with Crippen molar-refractivity contribution in [2.75, 3.05) is 0 Å². The molecule has 0 bridgehead atoms. The number of rotatable bonds is 4. The van der Waals surface area contributed by atoms with E-state index in [4.69, 9.17) is 14.7 Å². The molecule has 4 heterocycles. The van der Waals surface area contributed by atoms with E-state index < -0.39 is 27.4 Å². The first-order valence-corrected chi connectivity index (χ1v) is 20.7. The average molecular weight is 945 g/mol. The van der Waals surface area contributed by atoms with Crippen LogP contribution in [-0.4, -0.2) is 29.5 Å². The molecule has 290 valence electrons. The molecule has 0 amide bonds. The van der Waals surface area contributed by atoms with Gasteiger partial charge in [0.2, 0.25) is 0 Å². The second-order valence-corrected chi connectivity index (χ2v) is 19.9. The monoisotopic (exact) mass is 944 g/mol. The Morgan fingerprint density at radius 1 is 0.911 bits per heavy atom. The molecule has 2 atom stereocenters. The molecule has 2 aromatic heterocycles. The normalized spacial score (nSPS) is 22.2. The van der Waals surface area contributed by atoms with Crippen molar-refractivity contribution in [3.8, 4) is 5.82 Å². The van der Waals surface area contributed by atoms with E-state index in [2.05, 4.69) is 69.5 Å². The third kappa shape index (κ3) is 5.18. The molecular weight excluding hydrogens is 894 g/mol. The van der Waals surface area contributed by atoms with Gasteiger partial charge in [-0.3, -0.25) is 4.99 Å². The minimum Gasteiger partial charge on any atom is -0.511 e. The smallest absolute Gasteiger partial charge is 0.511 e. The van der Waals surface area contributed by atoms with Gasteiger partial charge in [-0.15, -0.1) is 40.8 Å². The fourth-order valence-electron chi connectivity index (χ4n) is 8.90. The molecule has 6 aromatic rings. The SMILES string of the molecule is [2H]C1([2H])c2c(ccc(C)c2C)[C@@]2(C)N=C(c3[c-]c(S(=O)(=O)c4[c-]c5c(cc4C)c4cc(C(C)(C)C)cc6c4n5-c4ncccc4C6(C)C)cc(C(C)C)c3)O[C@@]12C.[Pt+2]. The van der Waals surface area contributed by atoms with Gasteiger partial charge in [-0.2, -0.15) is 6.07 Å². The van der Waals surface area contributed by atoms with Gasteiger partial charge in [-0.25, -0.2) is 13.4 Å². The molecule has 0 unspecified atom stereocenters. The Morgan fingerprint density at radius 3 is 2.34 bits per heavy atom. The maximum absolute atomic E-state index is 15.1. The summed E-state index contributed by atoms with van der Waals surface area (Å²) in [5.74, 6) is 0.915. The summed E-state index contributed by atoms with van der Waals surface area (Å²) >= 11 is 0. The fourth-order valence-corrected chi connectivity index (χ4v) is 10.4. The molecule has 0 radical (unpaired) electrons. The van der Waals surface area contributed by atoms with Crippen LogP contribution in [0.5, 0.6) is 0 Å². The zero-order valence-electron chi connectivity index (χ0n) is 36.1. The number of hydrogen-bond donors (Lipinski definition) is 0. The predicted molar refractivity (Wildman–Crippen MR) is 221 cm³/mol. The maximum Gasteiger partial charge on any atom is 2.00 e. The fraction of sp³-hybridized carbons (Fsp3) is 0.375. The number of aromatic nitrogens is 2. The minimum atomic E-state index is -4.22. The van der Waals surface area contributed by atoms with Crippen molar-refractivity contribution in [1.82, 2.24) is 9.55 Å². The zero-order valence-corrected chi connectivity index (χ0v) is 37.2. The van der Waals surface area contributed by atoms with Crippen LogP contribution in [0.4, 0.5) is 0 Å². The molecule has 0 saturated carbocycles. The van der Waals surface area contributed by atoms with Gasteiger partial charge in [0, 0.05) is 31.8 Å². The Hall–Kier alpha value is -4.06. The van der Waals surface area contributed by atoms with E-state index in [9.17, 15) is 2.74 Å². The first kappa shape index (κ1) is 36.3. The van der Waals surface area contributed by atoms with Crippen LogP contribution in [0.2, 0.25) is 0 Å². The summed E-state index contributed by atoms with van der Waals surface area (Å²) in [7, 11) is -4.22. The Labute approximate surface area is 348 Å². The van der Waals surface area contributed by atoms with Gasteiger partial charge in [-0.05, 0) is 93.7 Å². The Balaban J connectivity index is 0.00000469. The summed E-state index contributed by atoms with van der Waals surface area (Å²) in [6.45, 7) is 24.6. The molecule has 9 rings (SSSR count). The Bertz CT molecular complexity index is 2940. The third-order valence-electron chi connectivity index (χ3n) is 12.8. The van der Waals surface area contributed by atoms with E-state index in [-0.39, 0.29) is 53.5 Å². The Morgan fingerprint density at radius 2 is 1.64 bits per heavy atom. The van der Waals surface area contributed by atoms with Gasteiger partial charge in [0.1, 0.15) is 22.9 Å². The number of aryl methyl sites for hydroxylation is 2. The summed E-state index contributed by atoms with van der Waals surface area (Å²) in [5, 5.41) is 1.97. The number of sulfone groups is 1. The number of aliphatic imine (C=N–C) groups is 1. The van der Waals surface area contributed by atoms with Gasteiger partial charge >= 0.3 is 21.1 Å². The molecule has 2 aliphatic heterocycles. The van der Waals surface area contributed by atoms with Crippen molar-refractivity contribution in [3.63, 3.8) is 0 Å². The van der Waals surface area contributed by atoms with Gasteiger partial charge < -0.3 is 9.30 Å². The van der Waals surface area contributed by atoms with Crippen LogP contribution in [0.1, 0.15) is 127 Å². The number of benzene rings is 4. The molecule has 1 aliphatic carbocycles. The molecule has 6 nitrogen and oxygen atoms in total. The van der Waals surface area contributed by atoms with E-state index in [1.54, 1.807) is 19.2 Å². The van der Waals surface area contributed by atoms with Crippen LogP contribution >= 0.6 is 0 Å². The second-order valence-electron chi connectivity index (χ2n) is 18.1. The van der Waals surface area contributed by atoms with E-state index in [1.165, 1.54) is 11.1 Å². The van der Waals surface area contributed by atoms with Crippen LogP contribution in [0.15, 0.2) is 75.6 Å². The summed E-state index contributed by atoms with van der Waals surface area (Å²) in [6, 6.07) is 24.8. The summed E-state index contributed by atoms with van der Waals surface area (Å²) in [4.78, 5) is 10.1. The number of ether oxygens (including phenoxy) is 1. The molecule has 56 heavy (non-hydrogen) atoms. The van der Waals surface area contributed by atoms with Crippen LogP contribution in [0, 0.1) is 32.9 Å². The standard InChI is InChI=1S/C48H49N3O3S.Pt/c1-26(2)30-19-31(44-50-48(12)37-16-15-27(3)29(5)36(37)25-47(48,11)54-44)21-33(20-30)55(52,53)41-24-40-34(18-28(41)4)35-22-32(45(6,7)8)23-39-42(35)51(40)43-38(46(39,9)10)14-13-17-49-43;/h13-20,22-23,26H,25H2,1-12H3;/q-2;+2/t47-,48+;/m0./s1/i25D2;. The van der Waals surface area contributed by atoms with E-state index >= 15 is 8.42 Å². The molecular formula is C48H49N3O3PtS. The number of hydrogen-bond acceptors (Lipinski definition) is 5. The van der Waals surface area contributed by atoms with E-state index in [1.807, 2.05) is 71.9 Å². The van der Waals surface area contributed by atoms with Crippen molar-refractivity contribution in [1.29, 1.82) is 0 Å². The van der Waals surface area contributed by atoms with Gasteiger partial charge in [-0.1, -0.05) is 96.8 Å². The zero-order chi connectivity index (χ0) is 41.2. The quantitative estimate of drug-likeness (QED) is 0.165. The second kappa shape index (κ2) is 12.2. The minimum absolute atomic E-state index is 0. The van der Waals surface area contributed by atoms with Crippen LogP contribution in [0.25, 0.3) is 27.6 Å². The summed E-state index contributed by atoms with van der Waals surface area (Å²) in [5.41, 5.74) is 7.21. The van der Waals surface area contributed by atoms with Crippen LogP contribution in [-0.2, 0) is 58.4 Å². The first-order chi connectivity index (χ1) is 26.4. The topological polar surface area (TPSA) is 73.5 Å². The molecule has 0 fully saturated rings. The summed E-state index contributed by atoms with van der Waals surface area (Å²) in [6.07, 6.45) is -0.0856. The first-order valence-electron chi connectivity index (χ1n) is 20.2. The average Bonchev–Trinajstić information content (AvgIpc) is 3.66. The van der Waals surface area contributed by atoms with Crippen molar-refractivity contribution >= 4 is 37.5 Å². The van der Waals surface area contributed by atoms with Crippen LogP contribution in [0.3, 0.4) is 0 Å². The van der Waals surface area contributed by atoms with E-state index in [0.29, 0.717) is 22.2 Å². The van der Waals surface area contributed by atoms with Crippen molar-refractivity contribution in [3.05, 3.63) is 129 Å². The predicted octanol–water partition coefficient (Wildman–Crippen LogP) is 10.6. The van der Waals surface area contributed by atoms with Gasteiger partial charge in [0.15, 0.2) is 9.84 Å². The van der Waals surface area contributed by atoms with Crippen molar-refractivity contribution in [2.45, 2.75) is 127 Å². The van der Waals surface area contributed by atoms with Crippen LogP contribution < -0.4 is 0 Å². The molecule has 4 aromatic carbocycles.